The summed E-state index contributed by atoms with van der Waals surface area (Å²) in [5.41, 5.74) is 2.13. The fourth-order valence-electron chi connectivity index (χ4n) is 1.51. The zero-order chi connectivity index (χ0) is 13.8. The molecule has 100 valence electrons. The van der Waals surface area contributed by atoms with E-state index in [0.29, 0.717) is 16.6 Å². The predicted molar refractivity (Wildman–Crippen MR) is 72.5 cm³/mol. The first-order chi connectivity index (χ1) is 9.11. The largest absolute Gasteiger partial charge is 0.450 e. The Balaban J connectivity index is 2.36. The van der Waals surface area contributed by atoms with Crippen LogP contribution in [0, 0.1) is 6.92 Å². The van der Waals surface area contributed by atoms with Crippen LogP contribution in [0.25, 0.3) is 11.3 Å². The SMILES string of the molecule is COCOc1ncc(-c2nc(Cl)ncc2Cl)cc1C. The lowest BCUT2D eigenvalue weighted by molar-refractivity contribution is 0.0473. The van der Waals surface area contributed by atoms with Gasteiger partial charge < -0.3 is 9.47 Å². The molecule has 0 amide bonds. The van der Waals surface area contributed by atoms with Gasteiger partial charge in [0.25, 0.3) is 0 Å². The molecule has 0 spiro atoms. The molecule has 0 fully saturated rings. The number of nitrogens with zero attached hydrogens (tertiary/aromatic N) is 3. The van der Waals surface area contributed by atoms with E-state index in [0.717, 1.165) is 11.1 Å². The van der Waals surface area contributed by atoms with Crippen molar-refractivity contribution in [2.24, 2.45) is 0 Å². The molecule has 2 rings (SSSR count). The van der Waals surface area contributed by atoms with Crippen LogP contribution in [0.5, 0.6) is 5.88 Å². The van der Waals surface area contributed by atoms with E-state index in [1.807, 2.05) is 13.0 Å². The maximum absolute atomic E-state index is 6.04. The summed E-state index contributed by atoms with van der Waals surface area (Å²) in [6.07, 6.45) is 3.07. The van der Waals surface area contributed by atoms with Gasteiger partial charge in [-0.15, -0.1) is 0 Å². The lowest BCUT2D eigenvalue weighted by atomic mass is 10.1. The molecule has 2 aromatic rings. The lowest BCUT2D eigenvalue weighted by Crippen LogP contribution is -2.02. The van der Waals surface area contributed by atoms with Gasteiger partial charge in [0.15, 0.2) is 6.79 Å². The lowest BCUT2D eigenvalue weighted by Gasteiger charge is -2.09. The Morgan fingerprint density at radius 1 is 1.21 bits per heavy atom. The van der Waals surface area contributed by atoms with Gasteiger partial charge in [-0.05, 0) is 24.6 Å². The van der Waals surface area contributed by atoms with Gasteiger partial charge in [0.2, 0.25) is 11.2 Å². The van der Waals surface area contributed by atoms with Crippen molar-refractivity contribution >= 4 is 23.2 Å². The van der Waals surface area contributed by atoms with Crippen LogP contribution in [0.1, 0.15) is 5.56 Å². The Morgan fingerprint density at radius 3 is 2.68 bits per heavy atom. The molecule has 0 aliphatic rings. The Morgan fingerprint density at radius 2 is 2.00 bits per heavy atom. The molecular weight excluding hydrogens is 289 g/mol. The summed E-state index contributed by atoms with van der Waals surface area (Å²) in [6.45, 7) is 2.02. The minimum Gasteiger partial charge on any atom is -0.450 e. The molecule has 19 heavy (non-hydrogen) atoms. The second-order valence-electron chi connectivity index (χ2n) is 3.73. The number of methoxy groups -OCH3 is 1. The molecule has 0 radical (unpaired) electrons. The minimum atomic E-state index is 0.136. The highest BCUT2D eigenvalue weighted by Gasteiger charge is 2.10. The molecule has 0 aliphatic carbocycles. The van der Waals surface area contributed by atoms with Gasteiger partial charge in [0.05, 0.1) is 16.9 Å². The highest BCUT2D eigenvalue weighted by molar-refractivity contribution is 6.33. The highest BCUT2D eigenvalue weighted by Crippen LogP contribution is 2.28. The van der Waals surface area contributed by atoms with Gasteiger partial charge in [0.1, 0.15) is 0 Å². The summed E-state index contributed by atoms with van der Waals surface area (Å²) in [6, 6.07) is 1.86. The topological polar surface area (TPSA) is 57.1 Å². The first-order valence-electron chi connectivity index (χ1n) is 5.38. The number of rotatable bonds is 4. The van der Waals surface area contributed by atoms with Crippen LogP contribution >= 0.6 is 23.2 Å². The number of pyridine rings is 1. The van der Waals surface area contributed by atoms with Crippen molar-refractivity contribution in [1.29, 1.82) is 0 Å². The van der Waals surface area contributed by atoms with Gasteiger partial charge >= 0.3 is 0 Å². The molecule has 5 nitrogen and oxygen atoms in total. The summed E-state index contributed by atoms with van der Waals surface area (Å²) in [4.78, 5) is 12.1. The first kappa shape index (κ1) is 14.0. The number of hydrogen-bond acceptors (Lipinski definition) is 5. The maximum atomic E-state index is 6.04. The molecule has 0 aromatic carbocycles. The minimum absolute atomic E-state index is 0.136. The Labute approximate surface area is 120 Å². The summed E-state index contributed by atoms with van der Waals surface area (Å²) >= 11 is 11.8. The van der Waals surface area contributed by atoms with Crippen molar-refractivity contribution in [2.75, 3.05) is 13.9 Å². The van der Waals surface area contributed by atoms with Gasteiger partial charge in [-0.1, -0.05) is 11.6 Å². The number of aryl methyl sites for hydroxylation is 1. The smallest absolute Gasteiger partial charge is 0.222 e. The third-order valence-corrected chi connectivity index (χ3v) is 2.79. The van der Waals surface area contributed by atoms with Gasteiger partial charge in [-0.25, -0.2) is 15.0 Å². The predicted octanol–water partition coefficient (Wildman–Crippen LogP) is 3.14. The molecule has 0 bridgehead atoms. The molecule has 0 aliphatic heterocycles. The average Bonchev–Trinajstić information content (AvgIpc) is 2.40. The maximum Gasteiger partial charge on any atom is 0.222 e. The van der Waals surface area contributed by atoms with Gasteiger partial charge in [0, 0.05) is 24.4 Å². The fourth-order valence-corrected chi connectivity index (χ4v) is 1.84. The van der Waals surface area contributed by atoms with E-state index in [2.05, 4.69) is 15.0 Å². The van der Waals surface area contributed by atoms with E-state index in [-0.39, 0.29) is 12.1 Å². The number of aromatic nitrogens is 3. The van der Waals surface area contributed by atoms with Crippen molar-refractivity contribution in [2.45, 2.75) is 6.92 Å². The van der Waals surface area contributed by atoms with Crippen molar-refractivity contribution in [1.82, 2.24) is 15.0 Å². The molecule has 7 heteroatoms. The van der Waals surface area contributed by atoms with E-state index in [1.165, 1.54) is 6.20 Å². The molecule has 0 saturated carbocycles. The van der Waals surface area contributed by atoms with Gasteiger partial charge in [-0.2, -0.15) is 0 Å². The fraction of sp³-hybridized carbons (Fsp3) is 0.250. The molecule has 2 aromatic heterocycles. The van der Waals surface area contributed by atoms with Crippen LogP contribution in [0.4, 0.5) is 0 Å². The standard InChI is InChI=1S/C12H11Cl2N3O2/c1-7-3-8(4-15-11(7)19-6-18-2)10-9(13)5-16-12(14)17-10/h3-5H,6H2,1-2H3. The van der Waals surface area contributed by atoms with E-state index in [4.69, 9.17) is 32.7 Å². The number of halogens is 2. The molecule has 0 saturated heterocycles. The second kappa shape index (κ2) is 6.14. The summed E-state index contributed by atoms with van der Waals surface area (Å²) in [7, 11) is 1.55. The summed E-state index contributed by atoms with van der Waals surface area (Å²) < 4.78 is 10.1. The molecule has 0 atom stereocenters. The number of ether oxygens (including phenoxy) is 2. The van der Waals surface area contributed by atoms with Crippen molar-refractivity contribution in [3.05, 3.63) is 34.3 Å². The highest BCUT2D eigenvalue weighted by atomic mass is 35.5. The third kappa shape index (κ3) is 3.32. The second-order valence-corrected chi connectivity index (χ2v) is 4.48. The Bertz CT molecular complexity index is 593. The third-order valence-electron chi connectivity index (χ3n) is 2.33. The zero-order valence-corrected chi connectivity index (χ0v) is 11.9. The first-order valence-corrected chi connectivity index (χ1v) is 6.14. The van der Waals surface area contributed by atoms with E-state index >= 15 is 0 Å². The van der Waals surface area contributed by atoms with Crippen molar-refractivity contribution in [3.8, 4) is 17.1 Å². The van der Waals surface area contributed by atoms with E-state index < -0.39 is 0 Å². The van der Waals surface area contributed by atoms with Crippen LogP contribution in [0.2, 0.25) is 10.3 Å². The molecular formula is C12H11Cl2N3O2. The van der Waals surface area contributed by atoms with Crippen molar-refractivity contribution in [3.63, 3.8) is 0 Å². The van der Waals surface area contributed by atoms with Crippen molar-refractivity contribution < 1.29 is 9.47 Å². The Hall–Kier alpha value is -1.43. The van der Waals surface area contributed by atoms with Crippen LogP contribution < -0.4 is 4.74 Å². The summed E-state index contributed by atoms with van der Waals surface area (Å²) in [5.74, 6) is 0.502. The van der Waals surface area contributed by atoms with Crippen LogP contribution in [0.3, 0.4) is 0 Å². The van der Waals surface area contributed by atoms with E-state index in [9.17, 15) is 0 Å². The summed E-state index contributed by atoms with van der Waals surface area (Å²) in [5, 5.41) is 0.549. The number of hydrogen-bond donors (Lipinski definition) is 0. The van der Waals surface area contributed by atoms with E-state index in [1.54, 1.807) is 13.3 Å². The van der Waals surface area contributed by atoms with Gasteiger partial charge in [-0.3, -0.25) is 0 Å². The Kier molecular flexibility index (Phi) is 4.52. The quantitative estimate of drug-likeness (QED) is 0.641. The molecule has 0 N–H and O–H groups in total. The molecule has 0 unspecified atom stereocenters. The van der Waals surface area contributed by atoms with Crippen LogP contribution in [0.15, 0.2) is 18.5 Å². The molecule has 2 heterocycles. The zero-order valence-electron chi connectivity index (χ0n) is 10.4. The average molecular weight is 300 g/mol. The van der Waals surface area contributed by atoms with Crippen LogP contribution in [-0.4, -0.2) is 28.9 Å². The monoisotopic (exact) mass is 299 g/mol. The normalized spacial score (nSPS) is 10.5. The van der Waals surface area contributed by atoms with Crippen LogP contribution in [-0.2, 0) is 4.74 Å².